The first-order chi connectivity index (χ1) is 12.4. The topological polar surface area (TPSA) is 49.4 Å². The molecule has 2 amide bonds. The van der Waals surface area contributed by atoms with Gasteiger partial charge in [0.1, 0.15) is 11.9 Å². The lowest BCUT2D eigenvalue weighted by Gasteiger charge is -2.29. The number of hydrogen-bond donors (Lipinski definition) is 1. The number of benzene rings is 2. The van der Waals surface area contributed by atoms with Gasteiger partial charge in [0, 0.05) is 18.7 Å². The molecule has 0 aromatic heterocycles. The summed E-state index contributed by atoms with van der Waals surface area (Å²) in [6, 6.07) is 14.4. The van der Waals surface area contributed by atoms with Gasteiger partial charge in [-0.1, -0.05) is 44.2 Å². The van der Waals surface area contributed by atoms with Crippen molar-refractivity contribution in [2.75, 3.05) is 6.54 Å². The van der Waals surface area contributed by atoms with Crippen LogP contribution in [0.3, 0.4) is 0 Å². The van der Waals surface area contributed by atoms with E-state index in [1.807, 2.05) is 51.1 Å². The second kappa shape index (κ2) is 9.13. The smallest absolute Gasteiger partial charge is 0.251 e. The second-order valence-corrected chi connectivity index (χ2v) is 6.54. The molecule has 0 saturated carbocycles. The molecule has 0 heterocycles. The Bertz CT molecular complexity index is 729. The lowest BCUT2D eigenvalue weighted by Crippen LogP contribution is -2.51. The summed E-state index contributed by atoms with van der Waals surface area (Å²) in [6.07, 6.45) is 0. The van der Waals surface area contributed by atoms with Crippen LogP contribution in [0.25, 0.3) is 0 Å². The predicted octanol–water partition coefficient (Wildman–Crippen LogP) is 3.63. The fraction of sp³-hybridized carbons (Fsp3) is 0.333. The Morgan fingerprint density at radius 1 is 1.04 bits per heavy atom. The Hall–Kier alpha value is -2.69. The summed E-state index contributed by atoms with van der Waals surface area (Å²) in [5.41, 5.74) is 1.37. The van der Waals surface area contributed by atoms with Crippen molar-refractivity contribution in [1.82, 2.24) is 10.2 Å². The molecule has 5 heteroatoms. The maximum absolute atomic E-state index is 13.0. The minimum atomic E-state index is -0.642. The fourth-order valence-electron chi connectivity index (χ4n) is 2.69. The Labute approximate surface area is 154 Å². The third-order valence-electron chi connectivity index (χ3n) is 4.24. The summed E-state index contributed by atoms with van der Waals surface area (Å²) in [4.78, 5) is 27.2. The molecule has 1 atom stereocenters. The van der Waals surface area contributed by atoms with Crippen LogP contribution in [0.1, 0.15) is 36.7 Å². The first-order valence-electron chi connectivity index (χ1n) is 8.81. The molecule has 4 nitrogen and oxygen atoms in total. The van der Waals surface area contributed by atoms with E-state index in [-0.39, 0.29) is 17.7 Å². The van der Waals surface area contributed by atoms with E-state index < -0.39 is 11.9 Å². The van der Waals surface area contributed by atoms with Gasteiger partial charge in [0.2, 0.25) is 5.91 Å². The highest BCUT2D eigenvalue weighted by atomic mass is 19.1. The van der Waals surface area contributed by atoms with Crippen LogP contribution >= 0.6 is 0 Å². The molecule has 1 N–H and O–H groups in total. The molecule has 0 unspecified atom stereocenters. The average Bonchev–Trinajstić information content (AvgIpc) is 2.64. The first kappa shape index (κ1) is 19.6. The number of halogens is 1. The Balaban J connectivity index is 2.12. The molecule has 0 saturated heterocycles. The zero-order chi connectivity index (χ0) is 19.1. The highest BCUT2D eigenvalue weighted by molar-refractivity contribution is 5.97. The maximum atomic E-state index is 13.0. The lowest BCUT2D eigenvalue weighted by molar-refractivity contribution is -0.134. The van der Waals surface area contributed by atoms with Crippen molar-refractivity contribution in [3.05, 3.63) is 71.5 Å². The van der Waals surface area contributed by atoms with E-state index >= 15 is 0 Å². The molecule has 2 aromatic rings. The minimum absolute atomic E-state index is 0.0725. The highest BCUT2D eigenvalue weighted by Crippen LogP contribution is 2.12. The molecule has 0 aliphatic rings. The lowest BCUT2D eigenvalue weighted by atomic mass is 10.0. The van der Waals surface area contributed by atoms with Crippen LogP contribution in [-0.2, 0) is 11.3 Å². The van der Waals surface area contributed by atoms with Crippen molar-refractivity contribution in [1.29, 1.82) is 0 Å². The van der Waals surface area contributed by atoms with Crippen molar-refractivity contribution in [2.24, 2.45) is 5.92 Å². The van der Waals surface area contributed by atoms with E-state index in [2.05, 4.69) is 5.32 Å². The third kappa shape index (κ3) is 5.15. The van der Waals surface area contributed by atoms with Gasteiger partial charge in [0.25, 0.3) is 5.91 Å². The van der Waals surface area contributed by atoms with Crippen molar-refractivity contribution in [3.63, 3.8) is 0 Å². The summed E-state index contributed by atoms with van der Waals surface area (Å²) in [7, 11) is 0. The Kier molecular flexibility index (Phi) is 6.89. The minimum Gasteiger partial charge on any atom is -0.340 e. The van der Waals surface area contributed by atoms with Crippen LogP contribution in [0.2, 0.25) is 0 Å². The number of amides is 2. The summed E-state index contributed by atoms with van der Waals surface area (Å²) >= 11 is 0. The molecule has 2 rings (SSSR count). The van der Waals surface area contributed by atoms with Gasteiger partial charge in [-0.25, -0.2) is 4.39 Å². The quantitative estimate of drug-likeness (QED) is 0.824. The third-order valence-corrected chi connectivity index (χ3v) is 4.24. The van der Waals surface area contributed by atoms with Crippen LogP contribution < -0.4 is 5.32 Å². The average molecular weight is 356 g/mol. The van der Waals surface area contributed by atoms with Crippen molar-refractivity contribution >= 4 is 11.8 Å². The van der Waals surface area contributed by atoms with Gasteiger partial charge in [-0.2, -0.15) is 0 Å². The normalized spacial score (nSPS) is 11.9. The van der Waals surface area contributed by atoms with Crippen LogP contribution in [0.15, 0.2) is 54.6 Å². The molecule has 26 heavy (non-hydrogen) atoms. The summed E-state index contributed by atoms with van der Waals surface area (Å²) in [5.74, 6) is -0.982. The van der Waals surface area contributed by atoms with Crippen LogP contribution in [0.5, 0.6) is 0 Å². The molecule has 2 aromatic carbocycles. The van der Waals surface area contributed by atoms with Gasteiger partial charge in [-0.3, -0.25) is 9.59 Å². The van der Waals surface area contributed by atoms with Gasteiger partial charge in [-0.15, -0.1) is 0 Å². The zero-order valence-electron chi connectivity index (χ0n) is 15.4. The maximum Gasteiger partial charge on any atom is 0.251 e. The van der Waals surface area contributed by atoms with E-state index in [1.54, 1.807) is 4.90 Å². The first-order valence-corrected chi connectivity index (χ1v) is 8.81. The molecular weight excluding hydrogens is 331 g/mol. The van der Waals surface area contributed by atoms with Crippen LogP contribution in [0.4, 0.5) is 4.39 Å². The molecule has 0 spiro atoms. The number of nitrogens with one attached hydrogen (secondary N) is 1. The number of rotatable bonds is 7. The summed E-state index contributed by atoms with van der Waals surface area (Å²) in [6.45, 7) is 6.74. The standard InChI is InChI=1S/C21H25FN2O2/c1-4-24(14-16-8-6-5-7-9-16)21(26)19(15(2)3)23-20(25)17-10-12-18(22)13-11-17/h5-13,15,19H,4,14H2,1-3H3,(H,23,25)/t19-/m0/s1. The number of nitrogens with zero attached hydrogens (tertiary/aromatic N) is 1. The largest absolute Gasteiger partial charge is 0.340 e. The number of hydrogen-bond acceptors (Lipinski definition) is 2. The summed E-state index contributed by atoms with van der Waals surface area (Å²) < 4.78 is 13.0. The van der Waals surface area contributed by atoms with Crippen LogP contribution in [0, 0.1) is 11.7 Å². The van der Waals surface area contributed by atoms with Crippen molar-refractivity contribution in [2.45, 2.75) is 33.4 Å². The molecule has 0 bridgehead atoms. The number of carbonyl (C=O) groups excluding carboxylic acids is 2. The molecule has 138 valence electrons. The summed E-state index contributed by atoms with van der Waals surface area (Å²) in [5, 5.41) is 2.80. The SMILES string of the molecule is CCN(Cc1ccccc1)C(=O)[C@@H](NC(=O)c1ccc(F)cc1)C(C)C. The van der Waals surface area contributed by atoms with Crippen molar-refractivity contribution in [3.8, 4) is 0 Å². The highest BCUT2D eigenvalue weighted by Gasteiger charge is 2.28. The fourth-order valence-corrected chi connectivity index (χ4v) is 2.69. The number of carbonyl (C=O) groups is 2. The zero-order valence-corrected chi connectivity index (χ0v) is 15.4. The second-order valence-electron chi connectivity index (χ2n) is 6.54. The van der Waals surface area contributed by atoms with E-state index in [4.69, 9.17) is 0 Å². The predicted molar refractivity (Wildman–Crippen MR) is 100 cm³/mol. The van der Waals surface area contributed by atoms with Crippen molar-refractivity contribution < 1.29 is 14.0 Å². The number of likely N-dealkylation sites (N-methyl/N-ethyl adjacent to an activating group) is 1. The Morgan fingerprint density at radius 2 is 1.65 bits per heavy atom. The molecular formula is C21H25FN2O2. The molecule has 0 aliphatic heterocycles. The van der Waals surface area contributed by atoms with Gasteiger partial charge >= 0.3 is 0 Å². The molecule has 0 aliphatic carbocycles. The monoisotopic (exact) mass is 356 g/mol. The van der Waals surface area contributed by atoms with Gasteiger partial charge in [-0.05, 0) is 42.7 Å². The van der Waals surface area contributed by atoms with Gasteiger partial charge < -0.3 is 10.2 Å². The van der Waals surface area contributed by atoms with E-state index in [0.717, 1.165) is 5.56 Å². The van der Waals surface area contributed by atoms with E-state index in [9.17, 15) is 14.0 Å². The Morgan fingerprint density at radius 3 is 2.19 bits per heavy atom. The molecule has 0 fully saturated rings. The molecule has 0 radical (unpaired) electrons. The van der Waals surface area contributed by atoms with Gasteiger partial charge in [0.15, 0.2) is 0 Å². The van der Waals surface area contributed by atoms with E-state index in [1.165, 1.54) is 24.3 Å². The van der Waals surface area contributed by atoms with Gasteiger partial charge in [0.05, 0.1) is 0 Å². The van der Waals surface area contributed by atoms with E-state index in [0.29, 0.717) is 18.7 Å². The van der Waals surface area contributed by atoms with Crippen LogP contribution in [-0.4, -0.2) is 29.3 Å².